The largest absolute Gasteiger partial charge is 0.393 e. The Morgan fingerprint density at radius 2 is 1.96 bits per heavy atom. The van der Waals surface area contributed by atoms with E-state index in [4.69, 9.17) is 0 Å². The van der Waals surface area contributed by atoms with Gasteiger partial charge in [0, 0.05) is 19.5 Å². The summed E-state index contributed by atoms with van der Waals surface area (Å²) in [5, 5.41) is 14.4. The van der Waals surface area contributed by atoms with Crippen molar-refractivity contribution in [2.75, 3.05) is 18.0 Å². The summed E-state index contributed by atoms with van der Waals surface area (Å²) in [6.07, 6.45) is 1.11. The molecule has 2 aliphatic heterocycles. The quantitative estimate of drug-likeness (QED) is 0.683. The summed E-state index contributed by atoms with van der Waals surface area (Å²) in [5.41, 5.74) is 0.708. The number of anilines is 1. The number of aliphatic hydroxyl groups is 1. The molecule has 2 heterocycles. The second-order valence-electron chi connectivity index (χ2n) is 6.36. The molecule has 0 saturated carbocycles. The highest BCUT2D eigenvalue weighted by Gasteiger charge is 2.29. The van der Waals surface area contributed by atoms with Gasteiger partial charge < -0.3 is 15.3 Å². The number of halogens is 1. The van der Waals surface area contributed by atoms with Gasteiger partial charge >= 0.3 is 0 Å². The molecule has 2 fully saturated rings. The third kappa shape index (κ3) is 3.96. The highest BCUT2D eigenvalue weighted by atomic mass is 19.1. The number of rotatable bonds is 3. The molecule has 1 aromatic carbocycles. The topological polar surface area (TPSA) is 98.7 Å². The first-order valence-electron chi connectivity index (χ1n) is 8.31. The van der Waals surface area contributed by atoms with Gasteiger partial charge in [-0.25, -0.2) is 4.39 Å². The van der Waals surface area contributed by atoms with Crippen molar-refractivity contribution in [1.82, 2.24) is 10.6 Å². The number of aliphatic hydroxyl groups excluding tert-OH is 1. The zero-order valence-electron chi connectivity index (χ0n) is 13.6. The SMILES string of the molecule is O=C1CCC(NC(=O)c2ccc(F)cc2N2CCC(O)CC2)C(=O)N1. The van der Waals surface area contributed by atoms with E-state index in [9.17, 15) is 23.9 Å². The Balaban J connectivity index is 1.78. The molecule has 7 nitrogen and oxygen atoms in total. The van der Waals surface area contributed by atoms with Crippen molar-refractivity contribution in [1.29, 1.82) is 0 Å². The van der Waals surface area contributed by atoms with Crippen LogP contribution in [-0.2, 0) is 9.59 Å². The van der Waals surface area contributed by atoms with Crippen LogP contribution >= 0.6 is 0 Å². The maximum absolute atomic E-state index is 13.7. The Kier molecular flexibility index (Phi) is 4.98. The zero-order valence-corrected chi connectivity index (χ0v) is 13.6. The normalized spacial score (nSPS) is 21.8. The van der Waals surface area contributed by atoms with Crippen molar-refractivity contribution in [3.8, 4) is 0 Å². The van der Waals surface area contributed by atoms with Gasteiger partial charge in [0.2, 0.25) is 11.8 Å². The van der Waals surface area contributed by atoms with Crippen molar-refractivity contribution in [3.63, 3.8) is 0 Å². The van der Waals surface area contributed by atoms with Gasteiger partial charge in [0.25, 0.3) is 5.91 Å². The van der Waals surface area contributed by atoms with E-state index in [1.807, 2.05) is 4.90 Å². The minimum Gasteiger partial charge on any atom is -0.393 e. The van der Waals surface area contributed by atoms with Gasteiger partial charge in [-0.15, -0.1) is 0 Å². The number of hydrogen-bond acceptors (Lipinski definition) is 5. The first-order chi connectivity index (χ1) is 11.9. The lowest BCUT2D eigenvalue weighted by Crippen LogP contribution is -2.52. The number of nitrogens with zero attached hydrogens (tertiary/aromatic N) is 1. The predicted molar refractivity (Wildman–Crippen MR) is 87.5 cm³/mol. The number of hydrogen-bond donors (Lipinski definition) is 3. The minimum atomic E-state index is -0.786. The molecule has 1 unspecified atom stereocenters. The molecule has 0 aliphatic carbocycles. The molecule has 8 heteroatoms. The summed E-state index contributed by atoms with van der Waals surface area (Å²) in [7, 11) is 0. The first kappa shape index (κ1) is 17.3. The van der Waals surface area contributed by atoms with Crippen molar-refractivity contribution in [3.05, 3.63) is 29.6 Å². The molecule has 3 rings (SSSR count). The van der Waals surface area contributed by atoms with Crippen LogP contribution < -0.4 is 15.5 Å². The molecule has 1 atom stereocenters. The first-order valence-corrected chi connectivity index (χ1v) is 8.31. The van der Waals surface area contributed by atoms with E-state index in [-0.39, 0.29) is 30.4 Å². The molecule has 25 heavy (non-hydrogen) atoms. The average Bonchev–Trinajstić information content (AvgIpc) is 2.58. The third-order valence-electron chi connectivity index (χ3n) is 4.55. The third-order valence-corrected chi connectivity index (χ3v) is 4.55. The minimum absolute atomic E-state index is 0.164. The van der Waals surface area contributed by atoms with Gasteiger partial charge in [0.05, 0.1) is 17.4 Å². The summed E-state index contributed by atoms with van der Waals surface area (Å²) in [6, 6.07) is 3.08. The monoisotopic (exact) mass is 349 g/mol. The van der Waals surface area contributed by atoms with Crippen LogP contribution in [0.3, 0.4) is 0 Å². The maximum Gasteiger partial charge on any atom is 0.254 e. The van der Waals surface area contributed by atoms with Gasteiger partial charge in [0.1, 0.15) is 11.9 Å². The number of carbonyl (C=O) groups excluding carboxylic acids is 3. The van der Waals surface area contributed by atoms with E-state index in [0.717, 1.165) is 0 Å². The van der Waals surface area contributed by atoms with Crippen LogP contribution in [0.1, 0.15) is 36.0 Å². The number of piperidine rings is 2. The number of nitrogens with one attached hydrogen (secondary N) is 2. The Morgan fingerprint density at radius 1 is 1.24 bits per heavy atom. The van der Waals surface area contributed by atoms with Gasteiger partial charge in [-0.3, -0.25) is 19.7 Å². The lowest BCUT2D eigenvalue weighted by molar-refractivity contribution is -0.134. The van der Waals surface area contributed by atoms with Crippen LogP contribution in [0.2, 0.25) is 0 Å². The lowest BCUT2D eigenvalue weighted by Gasteiger charge is -2.33. The maximum atomic E-state index is 13.7. The predicted octanol–water partition coefficient (Wildman–Crippen LogP) is 0.322. The van der Waals surface area contributed by atoms with Crippen LogP contribution in [-0.4, -0.2) is 48.1 Å². The van der Waals surface area contributed by atoms with Crippen molar-refractivity contribution < 1.29 is 23.9 Å². The zero-order chi connectivity index (χ0) is 18.0. The van der Waals surface area contributed by atoms with Crippen LogP contribution in [0.4, 0.5) is 10.1 Å². The van der Waals surface area contributed by atoms with Crippen molar-refractivity contribution in [2.24, 2.45) is 0 Å². The fourth-order valence-corrected chi connectivity index (χ4v) is 3.13. The van der Waals surface area contributed by atoms with E-state index in [0.29, 0.717) is 31.6 Å². The molecule has 1 aromatic rings. The van der Waals surface area contributed by atoms with Crippen LogP contribution in [0.25, 0.3) is 0 Å². The molecule has 2 saturated heterocycles. The van der Waals surface area contributed by atoms with E-state index >= 15 is 0 Å². The molecule has 134 valence electrons. The highest BCUT2D eigenvalue weighted by Crippen LogP contribution is 2.26. The second kappa shape index (κ2) is 7.18. The van der Waals surface area contributed by atoms with Crippen molar-refractivity contribution >= 4 is 23.4 Å². The number of imide groups is 1. The molecule has 0 spiro atoms. The standard InChI is InChI=1S/C17H20FN3O4/c18-10-1-2-12(14(9-10)21-7-5-11(22)6-8-21)16(24)19-13-3-4-15(23)20-17(13)25/h1-2,9,11,13,22H,3-8H2,(H,19,24)(H,20,23,25). The Bertz CT molecular complexity index is 701. The molecule has 0 radical (unpaired) electrons. The number of carbonyl (C=O) groups is 3. The van der Waals surface area contributed by atoms with E-state index in [1.165, 1.54) is 18.2 Å². The smallest absolute Gasteiger partial charge is 0.254 e. The summed E-state index contributed by atoms with van der Waals surface area (Å²) in [4.78, 5) is 37.5. The van der Waals surface area contributed by atoms with Gasteiger partial charge in [-0.1, -0.05) is 0 Å². The number of amides is 3. The fourth-order valence-electron chi connectivity index (χ4n) is 3.13. The van der Waals surface area contributed by atoms with Gasteiger partial charge in [-0.2, -0.15) is 0 Å². The average molecular weight is 349 g/mol. The van der Waals surface area contributed by atoms with Gasteiger partial charge in [-0.05, 0) is 37.5 Å². The van der Waals surface area contributed by atoms with Gasteiger partial charge in [0.15, 0.2) is 0 Å². The fraction of sp³-hybridized carbons (Fsp3) is 0.471. The molecule has 3 amide bonds. The molecule has 0 bridgehead atoms. The summed E-state index contributed by atoms with van der Waals surface area (Å²) in [5.74, 6) is -1.84. The molecule has 2 aliphatic rings. The summed E-state index contributed by atoms with van der Waals surface area (Å²) < 4.78 is 13.7. The van der Waals surface area contributed by atoms with E-state index in [2.05, 4.69) is 10.6 Å². The Morgan fingerprint density at radius 3 is 2.64 bits per heavy atom. The lowest BCUT2D eigenvalue weighted by atomic mass is 10.0. The number of benzene rings is 1. The molecular formula is C17H20FN3O4. The van der Waals surface area contributed by atoms with Crippen LogP contribution in [0, 0.1) is 5.82 Å². The Labute approximate surface area is 144 Å². The molecular weight excluding hydrogens is 329 g/mol. The Hall–Kier alpha value is -2.48. The summed E-state index contributed by atoms with van der Waals surface area (Å²) >= 11 is 0. The van der Waals surface area contributed by atoms with Crippen molar-refractivity contribution in [2.45, 2.75) is 37.8 Å². The molecule has 0 aromatic heterocycles. The second-order valence-corrected chi connectivity index (χ2v) is 6.36. The van der Waals surface area contributed by atoms with Crippen LogP contribution in [0.15, 0.2) is 18.2 Å². The van der Waals surface area contributed by atoms with E-state index < -0.39 is 23.7 Å². The highest BCUT2D eigenvalue weighted by molar-refractivity contribution is 6.05. The summed E-state index contributed by atoms with van der Waals surface area (Å²) in [6.45, 7) is 1.03. The van der Waals surface area contributed by atoms with E-state index in [1.54, 1.807) is 0 Å². The van der Waals surface area contributed by atoms with Crippen LogP contribution in [0.5, 0.6) is 0 Å². The molecule has 3 N–H and O–H groups in total.